The highest BCUT2D eigenvalue weighted by atomic mass is 32.2. The monoisotopic (exact) mass is 543 g/mol. The summed E-state index contributed by atoms with van der Waals surface area (Å²) in [4.78, 5) is 22.9. The molecule has 0 saturated carbocycles. The molecule has 0 atom stereocenters. The molecule has 0 aromatic heterocycles. The summed E-state index contributed by atoms with van der Waals surface area (Å²) in [6.45, 7) is 0. The van der Waals surface area contributed by atoms with Crippen molar-refractivity contribution in [2.45, 2.75) is 0 Å². The summed E-state index contributed by atoms with van der Waals surface area (Å²) in [5, 5.41) is 14.4. The van der Waals surface area contributed by atoms with Gasteiger partial charge in [-0.2, -0.15) is 0 Å². The zero-order chi connectivity index (χ0) is 27.9. The molecule has 3 aromatic rings. The van der Waals surface area contributed by atoms with E-state index in [-0.39, 0.29) is 28.4 Å². The average Bonchev–Trinajstić information content (AvgIpc) is 2.91. The van der Waals surface area contributed by atoms with Crippen LogP contribution < -0.4 is 29.0 Å². The summed E-state index contributed by atoms with van der Waals surface area (Å²) in [6.07, 6.45) is 1.32. The number of anilines is 2. The van der Waals surface area contributed by atoms with Crippen molar-refractivity contribution >= 4 is 39.1 Å². The van der Waals surface area contributed by atoms with Crippen molar-refractivity contribution in [2.75, 3.05) is 38.5 Å². The van der Waals surface area contributed by atoms with E-state index in [4.69, 9.17) is 18.9 Å². The molecule has 0 bridgehead atoms. The van der Waals surface area contributed by atoms with Crippen LogP contribution in [0, 0.1) is 10.1 Å². The van der Waals surface area contributed by atoms with E-state index >= 15 is 0 Å². The number of rotatable bonds is 11. The van der Waals surface area contributed by atoms with Gasteiger partial charge in [0, 0.05) is 29.8 Å². The number of carbonyl (C=O) groups is 1. The summed E-state index contributed by atoms with van der Waals surface area (Å²) in [5.41, 5.74) is 0.705. The number of hydrogen-bond donors (Lipinski definition) is 2. The van der Waals surface area contributed by atoms with E-state index < -0.39 is 20.9 Å². The predicted octanol–water partition coefficient (Wildman–Crippen LogP) is 4.29. The third kappa shape index (κ3) is 6.70. The lowest BCUT2D eigenvalue weighted by molar-refractivity contribution is -0.384. The Morgan fingerprint density at radius 1 is 0.868 bits per heavy atom. The lowest BCUT2D eigenvalue weighted by Crippen LogP contribution is -2.14. The SMILES string of the molecule is COc1cc(OC)c(/C=C/S(=O)(=O)Nc2ccc(OC)c(NC(=O)c3ccc([N+](=O)[O-])cc3)c2)c(OC)c1. The number of hydrogen-bond acceptors (Lipinski definition) is 9. The van der Waals surface area contributed by atoms with Crippen molar-refractivity contribution in [3.05, 3.63) is 81.2 Å². The lowest BCUT2D eigenvalue weighted by Gasteiger charge is -2.14. The Kier molecular flexibility index (Phi) is 8.76. The number of nitrogens with zero attached hydrogens (tertiary/aromatic N) is 1. The number of nitro groups is 1. The Hall–Kier alpha value is -4.78. The fourth-order valence-electron chi connectivity index (χ4n) is 3.35. The number of ether oxygens (including phenoxy) is 4. The molecule has 0 unspecified atom stereocenters. The van der Waals surface area contributed by atoms with Crippen molar-refractivity contribution in [2.24, 2.45) is 0 Å². The number of amides is 1. The van der Waals surface area contributed by atoms with Crippen molar-refractivity contribution < 1.29 is 37.1 Å². The molecule has 2 N–H and O–H groups in total. The zero-order valence-electron chi connectivity index (χ0n) is 20.9. The summed E-state index contributed by atoms with van der Waals surface area (Å²) in [7, 11) is 1.72. The van der Waals surface area contributed by atoms with Crippen LogP contribution in [0.5, 0.6) is 23.0 Å². The molecule has 0 heterocycles. The van der Waals surface area contributed by atoms with E-state index in [9.17, 15) is 23.3 Å². The van der Waals surface area contributed by atoms with Gasteiger partial charge >= 0.3 is 0 Å². The first-order valence-corrected chi connectivity index (χ1v) is 12.4. The van der Waals surface area contributed by atoms with E-state index in [0.29, 0.717) is 22.8 Å². The summed E-state index contributed by atoms with van der Waals surface area (Å²) in [6, 6.07) is 12.5. The minimum absolute atomic E-state index is 0.142. The number of nitro benzene ring substituents is 1. The third-order valence-electron chi connectivity index (χ3n) is 5.22. The second kappa shape index (κ2) is 12.0. The van der Waals surface area contributed by atoms with Gasteiger partial charge in [0.25, 0.3) is 21.6 Å². The summed E-state index contributed by atoms with van der Waals surface area (Å²) >= 11 is 0. The van der Waals surface area contributed by atoms with Gasteiger partial charge in [0.2, 0.25) is 0 Å². The fraction of sp³-hybridized carbons (Fsp3) is 0.160. The quantitative estimate of drug-likeness (QED) is 0.266. The fourth-order valence-corrected chi connectivity index (χ4v) is 4.19. The molecule has 1 amide bonds. The summed E-state index contributed by atoms with van der Waals surface area (Å²) in [5.74, 6) is 0.850. The van der Waals surface area contributed by atoms with Crippen LogP contribution in [0.3, 0.4) is 0 Å². The average molecular weight is 544 g/mol. The number of methoxy groups -OCH3 is 4. The Morgan fingerprint density at radius 2 is 1.47 bits per heavy atom. The minimum atomic E-state index is -4.02. The van der Waals surface area contributed by atoms with Crippen LogP contribution in [0.1, 0.15) is 15.9 Å². The van der Waals surface area contributed by atoms with E-state index in [2.05, 4.69) is 10.0 Å². The van der Waals surface area contributed by atoms with Gasteiger partial charge < -0.3 is 24.3 Å². The molecule has 12 nitrogen and oxygen atoms in total. The van der Waals surface area contributed by atoms with E-state index in [1.807, 2.05) is 0 Å². The molecule has 0 spiro atoms. The Labute approximate surface area is 219 Å². The molecule has 3 rings (SSSR count). The maximum Gasteiger partial charge on any atom is 0.269 e. The second-order valence-corrected chi connectivity index (χ2v) is 9.13. The van der Waals surface area contributed by atoms with Gasteiger partial charge in [0.15, 0.2) is 0 Å². The van der Waals surface area contributed by atoms with Crippen LogP contribution in [0.4, 0.5) is 17.1 Å². The molecule has 3 aromatic carbocycles. The van der Waals surface area contributed by atoms with Crippen molar-refractivity contribution in [3.63, 3.8) is 0 Å². The number of sulfonamides is 1. The molecule has 0 fully saturated rings. The summed E-state index contributed by atoms with van der Waals surface area (Å²) < 4.78 is 49.2. The first-order chi connectivity index (χ1) is 18.1. The van der Waals surface area contributed by atoms with Crippen molar-refractivity contribution in [1.29, 1.82) is 0 Å². The van der Waals surface area contributed by atoms with Crippen LogP contribution in [-0.4, -0.2) is 47.7 Å². The smallest absolute Gasteiger partial charge is 0.269 e. The number of non-ortho nitro benzene ring substituents is 1. The van der Waals surface area contributed by atoms with Gasteiger partial charge in [-0.3, -0.25) is 19.6 Å². The van der Waals surface area contributed by atoms with Gasteiger partial charge in [-0.1, -0.05) is 0 Å². The largest absolute Gasteiger partial charge is 0.496 e. The molecule has 13 heteroatoms. The number of benzene rings is 3. The van der Waals surface area contributed by atoms with Crippen LogP contribution in [0.2, 0.25) is 0 Å². The molecule has 0 radical (unpaired) electrons. The molecule has 0 aliphatic heterocycles. The van der Waals surface area contributed by atoms with Gasteiger partial charge in [-0.25, -0.2) is 8.42 Å². The van der Waals surface area contributed by atoms with Gasteiger partial charge in [-0.05, 0) is 36.4 Å². The Morgan fingerprint density at radius 3 is 2.00 bits per heavy atom. The number of carbonyl (C=O) groups excluding carboxylic acids is 1. The van der Waals surface area contributed by atoms with Gasteiger partial charge in [0.1, 0.15) is 23.0 Å². The molecule has 0 aliphatic carbocycles. The highest BCUT2D eigenvalue weighted by Crippen LogP contribution is 2.35. The molecule has 38 heavy (non-hydrogen) atoms. The molecule has 200 valence electrons. The third-order valence-corrected chi connectivity index (χ3v) is 6.23. The zero-order valence-corrected chi connectivity index (χ0v) is 21.7. The van der Waals surface area contributed by atoms with Gasteiger partial charge in [0.05, 0.1) is 55.7 Å². The van der Waals surface area contributed by atoms with E-state index in [1.54, 1.807) is 12.1 Å². The maximum atomic E-state index is 12.8. The van der Waals surface area contributed by atoms with Crippen LogP contribution in [0.25, 0.3) is 6.08 Å². The Balaban J connectivity index is 1.84. The normalized spacial score (nSPS) is 11.1. The van der Waals surface area contributed by atoms with E-state index in [0.717, 1.165) is 5.41 Å². The van der Waals surface area contributed by atoms with Crippen molar-refractivity contribution in [3.8, 4) is 23.0 Å². The van der Waals surface area contributed by atoms with E-state index in [1.165, 1.54) is 77.0 Å². The standard InChI is InChI=1S/C25H25N3O9S/c1-34-19-14-23(36-3)20(24(15-19)37-4)11-12-38(32,33)27-17-7-10-22(35-2)21(13-17)26-25(29)16-5-8-18(9-6-16)28(30)31/h5-15,27H,1-4H3,(H,26,29)/b12-11+. The topological polar surface area (TPSA) is 155 Å². The first kappa shape index (κ1) is 27.8. The minimum Gasteiger partial charge on any atom is -0.496 e. The van der Waals surface area contributed by atoms with Crippen molar-refractivity contribution in [1.82, 2.24) is 0 Å². The maximum absolute atomic E-state index is 12.8. The van der Waals surface area contributed by atoms with Crippen LogP contribution in [-0.2, 0) is 10.0 Å². The van der Waals surface area contributed by atoms with Crippen LogP contribution >= 0.6 is 0 Å². The predicted molar refractivity (Wildman–Crippen MR) is 142 cm³/mol. The lowest BCUT2D eigenvalue weighted by atomic mass is 10.1. The van der Waals surface area contributed by atoms with Crippen LogP contribution in [0.15, 0.2) is 60.0 Å². The number of nitrogens with one attached hydrogen (secondary N) is 2. The molecular formula is C25H25N3O9S. The molecule has 0 saturated heterocycles. The molecular weight excluding hydrogens is 518 g/mol. The first-order valence-electron chi connectivity index (χ1n) is 10.9. The highest BCUT2D eigenvalue weighted by Gasteiger charge is 2.16. The molecule has 0 aliphatic rings. The Bertz CT molecular complexity index is 1440. The van der Waals surface area contributed by atoms with Gasteiger partial charge in [-0.15, -0.1) is 0 Å². The highest BCUT2D eigenvalue weighted by molar-refractivity contribution is 7.95. The second-order valence-electron chi connectivity index (χ2n) is 7.57.